The number of esters is 1. The van der Waals surface area contributed by atoms with Crippen molar-refractivity contribution in [2.24, 2.45) is 0 Å². The van der Waals surface area contributed by atoms with Crippen LogP contribution in [-0.2, 0) is 28.8 Å². The Morgan fingerprint density at radius 1 is 0.731 bits per heavy atom. The Morgan fingerprint density at radius 3 is 1.54 bits per heavy atom. The molecule has 0 aromatic rings. The van der Waals surface area contributed by atoms with Gasteiger partial charge in [-0.25, -0.2) is 4.79 Å². The SMILES string of the molecule is COC(=O)CCCCCCCCCCCCC(=O)ON1C(=O)CCC1=O. The highest BCUT2D eigenvalue weighted by atomic mass is 16.7. The fourth-order valence-corrected chi connectivity index (χ4v) is 2.86. The molecule has 2 amide bonds. The fourth-order valence-electron chi connectivity index (χ4n) is 2.86. The third kappa shape index (κ3) is 9.53. The van der Waals surface area contributed by atoms with Crippen LogP contribution in [0.5, 0.6) is 0 Å². The number of unbranched alkanes of at least 4 members (excludes halogenated alkanes) is 9. The summed E-state index contributed by atoms with van der Waals surface area (Å²) in [5.41, 5.74) is 0. The number of carbonyl (C=O) groups is 4. The van der Waals surface area contributed by atoms with E-state index in [-0.39, 0.29) is 25.2 Å². The third-order valence-corrected chi connectivity index (χ3v) is 4.44. The highest BCUT2D eigenvalue weighted by Crippen LogP contribution is 2.15. The van der Waals surface area contributed by atoms with Gasteiger partial charge in [-0.05, 0) is 12.8 Å². The minimum Gasteiger partial charge on any atom is -0.469 e. The van der Waals surface area contributed by atoms with Gasteiger partial charge in [-0.15, -0.1) is 5.06 Å². The molecule has 148 valence electrons. The van der Waals surface area contributed by atoms with Gasteiger partial charge in [0.2, 0.25) is 0 Å². The molecule has 1 fully saturated rings. The van der Waals surface area contributed by atoms with Crippen LogP contribution in [0.1, 0.15) is 89.9 Å². The van der Waals surface area contributed by atoms with Gasteiger partial charge in [0, 0.05) is 25.7 Å². The summed E-state index contributed by atoms with van der Waals surface area (Å²) in [6, 6.07) is 0. The smallest absolute Gasteiger partial charge is 0.333 e. The number of carbonyl (C=O) groups excluding carboxylic acids is 4. The molecule has 0 aromatic carbocycles. The Labute approximate surface area is 155 Å². The number of ether oxygens (including phenoxy) is 1. The van der Waals surface area contributed by atoms with Crippen LogP contribution in [0.2, 0.25) is 0 Å². The van der Waals surface area contributed by atoms with Gasteiger partial charge in [0.15, 0.2) is 0 Å². The lowest BCUT2D eigenvalue weighted by molar-refractivity contribution is -0.197. The first-order chi connectivity index (χ1) is 12.5. The molecule has 0 N–H and O–H groups in total. The summed E-state index contributed by atoms with van der Waals surface area (Å²) in [4.78, 5) is 50.0. The molecule has 0 saturated carbocycles. The first-order valence-corrected chi connectivity index (χ1v) is 9.68. The zero-order chi connectivity index (χ0) is 19.2. The average molecular weight is 369 g/mol. The van der Waals surface area contributed by atoms with Crippen molar-refractivity contribution in [1.29, 1.82) is 0 Å². The summed E-state index contributed by atoms with van der Waals surface area (Å²) in [7, 11) is 1.42. The monoisotopic (exact) mass is 369 g/mol. The zero-order valence-corrected chi connectivity index (χ0v) is 15.8. The first kappa shape index (κ1) is 22.1. The van der Waals surface area contributed by atoms with Crippen LogP contribution < -0.4 is 0 Å². The predicted octanol–water partition coefficient (Wildman–Crippen LogP) is 3.45. The molecule has 1 aliphatic rings. The van der Waals surface area contributed by atoms with E-state index < -0.39 is 17.8 Å². The fraction of sp³-hybridized carbons (Fsp3) is 0.789. The number of methoxy groups -OCH3 is 1. The van der Waals surface area contributed by atoms with Crippen molar-refractivity contribution in [3.05, 3.63) is 0 Å². The number of hydrogen-bond donors (Lipinski definition) is 0. The van der Waals surface area contributed by atoms with E-state index in [0.29, 0.717) is 17.9 Å². The molecule has 0 bridgehead atoms. The van der Waals surface area contributed by atoms with Gasteiger partial charge < -0.3 is 9.57 Å². The molecule has 0 aromatic heterocycles. The second-order valence-corrected chi connectivity index (χ2v) is 6.66. The molecule has 1 saturated heterocycles. The molecule has 1 rings (SSSR count). The molecule has 0 aliphatic carbocycles. The van der Waals surface area contributed by atoms with Crippen LogP contribution in [0.15, 0.2) is 0 Å². The number of nitrogens with zero attached hydrogens (tertiary/aromatic N) is 1. The molecule has 0 unspecified atom stereocenters. The maximum absolute atomic E-state index is 11.6. The maximum Gasteiger partial charge on any atom is 0.333 e. The molecule has 26 heavy (non-hydrogen) atoms. The van der Waals surface area contributed by atoms with Crippen LogP contribution in [0.4, 0.5) is 0 Å². The standard InChI is InChI=1S/C19H31NO6/c1-25-18(23)12-10-8-6-4-2-3-5-7-9-11-13-19(24)26-20-16(21)14-15-17(20)22/h2-15H2,1H3. The van der Waals surface area contributed by atoms with E-state index in [1.165, 1.54) is 26.4 Å². The van der Waals surface area contributed by atoms with Crippen molar-refractivity contribution in [3.63, 3.8) is 0 Å². The quantitative estimate of drug-likeness (QED) is 0.265. The van der Waals surface area contributed by atoms with E-state index in [0.717, 1.165) is 38.5 Å². The van der Waals surface area contributed by atoms with E-state index in [9.17, 15) is 19.2 Å². The van der Waals surface area contributed by atoms with Crippen molar-refractivity contribution in [3.8, 4) is 0 Å². The lowest BCUT2D eigenvalue weighted by Crippen LogP contribution is -2.31. The summed E-state index contributed by atoms with van der Waals surface area (Å²) < 4.78 is 4.60. The Morgan fingerprint density at radius 2 is 1.12 bits per heavy atom. The molecule has 1 heterocycles. The molecule has 0 radical (unpaired) electrons. The molecule has 0 spiro atoms. The second-order valence-electron chi connectivity index (χ2n) is 6.66. The summed E-state index contributed by atoms with van der Waals surface area (Å²) in [5, 5.41) is 0.605. The van der Waals surface area contributed by atoms with Gasteiger partial charge in [-0.2, -0.15) is 0 Å². The summed E-state index contributed by atoms with van der Waals surface area (Å²) >= 11 is 0. The maximum atomic E-state index is 11.6. The lowest BCUT2D eigenvalue weighted by Gasteiger charge is -2.12. The minimum absolute atomic E-state index is 0.122. The predicted molar refractivity (Wildman–Crippen MR) is 94.6 cm³/mol. The molecule has 1 aliphatic heterocycles. The molecule has 7 heteroatoms. The number of hydroxylamine groups is 2. The van der Waals surface area contributed by atoms with Crippen LogP contribution in [0, 0.1) is 0 Å². The van der Waals surface area contributed by atoms with E-state index in [1.807, 2.05) is 0 Å². The third-order valence-electron chi connectivity index (χ3n) is 4.44. The Balaban J connectivity index is 1.86. The summed E-state index contributed by atoms with van der Waals surface area (Å²) in [6.07, 6.45) is 11.5. The lowest BCUT2D eigenvalue weighted by atomic mass is 10.1. The van der Waals surface area contributed by atoms with Gasteiger partial charge in [0.25, 0.3) is 11.8 Å². The summed E-state index contributed by atoms with van der Waals surface area (Å²) in [6.45, 7) is 0. The van der Waals surface area contributed by atoms with Crippen molar-refractivity contribution < 1.29 is 28.8 Å². The first-order valence-electron chi connectivity index (χ1n) is 9.68. The van der Waals surface area contributed by atoms with Crippen molar-refractivity contribution >= 4 is 23.8 Å². The molecular weight excluding hydrogens is 338 g/mol. The Bertz CT molecular complexity index is 461. The largest absolute Gasteiger partial charge is 0.469 e. The van der Waals surface area contributed by atoms with E-state index in [1.54, 1.807) is 0 Å². The number of hydrogen-bond acceptors (Lipinski definition) is 6. The van der Waals surface area contributed by atoms with Crippen molar-refractivity contribution in [2.75, 3.05) is 7.11 Å². The van der Waals surface area contributed by atoms with Gasteiger partial charge >= 0.3 is 11.9 Å². The Hall–Kier alpha value is -1.92. The van der Waals surface area contributed by atoms with Crippen molar-refractivity contribution in [2.45, 2.75) is 89.9 Å². The van der Waals surface area contributed by atoms with Crippen molar-refractivity contribution in [1.82, 2.24) is 5.06 Å². The van der Waals surface area contributed by atoms with Crippen LogP contribution in [0.3, 0.4) is 0 Å². The number of imide groups is 1. The number of amides is 2. The summed E-state index contributed by atoms with van der Waals surface area (Å²) in [5.74, 6) is -1.52. The zero-order valence-electron chi connectivity index (χ0n) is 15.8. The average Bonchev–Trinajstić information content (AvgIpc) is 2.94. The van der Waals surface area contributed by atoms with E-state index >= 15 is 0 Å². The van der Waals surface area contributed by atoms with Crippen LogP contribution in [-0.4, -0.2) is 35.9 Å². The second kappa shape index (κ2) is 13.3. The molecule has 0 atom stereocenters. The van der Waals surface area contributed by atoms with Gasteiger partial charge in [0.1, 0.15) is 0 Å². The number of rotatable bonds is 14. The highest BCUT2D eigenvalue weighted by molar-refractivity contribution is 6.01. The molecule has 7 nitrogen and oxygen atoms in total. The van der Waals surface area contributed by atoms with Gasteiger partial charge in [0.05, 0.1) is 7.11 Å². The van der Waals surface area contributed by atoms with Crippen LogP contribution >= 0.6 is 0 Å². The Kier molecular flexibility index (Phi) is 11.3. The van der Waals surface area contributed by atoms with Crippen LogP contribution in [0.25, 0.3) is 0 Å². The van der Waals surface area contributed by atoms with Gasteiger partial charge in [-0.3, -0.25) is 14.4 Å². The molecular formula is C19H31NO6. The van der Waals surface area contributed by atoms with E-state index in [2.05, 4.69) is 4.74 Å². The van der Waals surface area contributed by atoms with Gasteiger partial charge in [-0.1, -0.05) is 51.4 Å². The highest BCUT2D eigenvalue weighted by Gasteiger charge is 2.32. The minimum atomic E-state index is -0.513. The van der Waals surface area contributed by atoms with E-state index in [4.69, 9.17) is 4.84 Å². The normalized spacial score (nSPS) is 14.0. The topological polar surface area (TPSA) is 90.0 Å².